The molecule has 0 radical (unpaired) electrons. The predicted octanol–water partition coefficient (Wildman–Crippen LogP) is 6.44. The first-order chi connectivity index (χ1) is 12.6. The first-order valence-electron chi connectivity index (χ1n) is 8.07. The molecule has 0 bridgehead atoms. The molecule has 0 spiro atoms. The van der Waals surface area contributed by atoms with Gasteiger partial charge in [-0.25, -0.2) is 0 Å². The van der Waals surface area contributed by atoms with Gasteiger partial charge in [-0.3, -0.25) is 9.78 Å². The number of benzene rings is 3. The van der Waals surface area contributed by atoms with Gasteiger partial charge < -0.3 is 0 Å². The van der Waals surface area contributed by atoms with Crippen molar-refractivity contribution in [3.63, 3.8) is 0 Å². The molecule has 4 heteroatoms. The fraction of sp³-hybridized carbons (Fsp3) is 0. The fourth-order valence-corrected chi connectivity index (χ4v) is 3.30. The van der Waals surface area contributed by atoms with Crippen molar-refractivity contribution in [3.05, 3.63) is 100 Å². The first kappa shape index (κ1) is 16.8. The molecule has 4 aromatic rings. The third-order valence-corrected chi connectivity index (χ3v) is 4.73. The maximum absolute atomic E-state index is 13.2. The third kappa shape index (κ3) is 3.10. The van der Waals surface area contributed by atoms with E-state index >= 15 is 0 Å². The van der Waals surface area contributed by atoms with E-state index in [1.54, 1.807) is 36.5 Å². The molecular formula is C22H13Cl2NO. The predicted molar refractivity (Wildman–Crippen MR) is 107 cm³/mol. The van der Waals surface area contributed by atoms with Crippen LogP contribution in [0.2, 0.25) is 10.0 Å². The number of nitrogens with zero attached hydrogens (tertiary/aromatic N) is 1. The molecule has 26 heavy (non-hydrogen) atoms. The highest BCUT2D eigenvalue weighted by Gasteiger charge is 2.18. The summed E-state index contributed by atoms with van der Waals surface area (Å²) in [5.41, 5.74) is 3.69. The molecule has 3 aromatic carbocycles. The summed E-state index contributed by atoms with van der Waals surface area (Å²) in [4.78, 5) is 17.6. The highest BCUT2D eigenvalue weighted by molar-refractivity contribution is 6.31. The fourth-order valence-electron chi connectivity index (χ4n) is 3.01. The zero-order valence-electron chi connectivity index (χ0n) is 13.6. The summed E-state index contributed by atoms with van der Waals surface area (Å²) in [6, 6.07) is 22.2. The summed E-state index contributed by atoms with van der Waals surface area (Å²) < 4.78 is 0. The lowest BCUT2D eigenvalue weighted by Crippen LogP contribution is -2.05. The van der Waals surface area contributed by atoms with Crippen molar-refractivity contribution >= 4 is 39.9 Å². The molecule has 0 unspecified atom stereocenters. The van der Waals surface area contributed by atoms with Crippen molar-refractivity contribution < 1.29 is 4.79 Å². The van der Waals surface area contributed by atoms with Gasteiger partial charge in [-0.15, -0.1) is 0 Å². The number of aromatic nitrogens is 1. The van der Waals surface area contributed by atoms with Gasteiger partial charge in [-0.2, -0.15) is 0 Å². The van der Waals surface area contributed by atoms with Gasteiger partial charge in [-0.05, 0) is 42.0 Å². The molecular weight excluding hydrogens is 365 g/mol. The van der Waals surface area contributed by atoms with Crippen molar-refractivity contribution in [1.29, 1.82) is 0 Å². The molecule has 0 aliphatic heterocycles. The van der Waals surface area contributed by atoms with Crippen LogP contribution in [-0.2, 0) is 0 Å². The molecule has 0 aliphatic carbocycles. The van der Waals surface area contributed by atoms with Gasteiger partial charge in [-0.1, -0.05) is 59.6 Å². The summed E-state index contributed by atoms with van der Waals surface area (Å²) >= 11 is 12.1. The van der Waals surface area contributed by atoms with Gasteiger partial charge in [0.25, 0.3) is 0 Å². The van der Waals surface area contributed by atoms with Gasteiger partial charge in [0.2, 0.25) is 0 Å². The second-order valence-corrected chi connectivity index (χ2v) is 6.78. The van der Waals surface area contributed by atoms with Crippen LogP contribution in [0.5, 0.6) is 0 Å². The minimum Gasteiger partial charge on any atom is -0.289 e. The third-order valence-electron chi connectivity index (χ3n) is 4.24. The van der Waals surface area contributed by atoms with E-state index in [2.05, 4.69) is 4.98 Å². The molecule has 4 rings (SSSR count). The smallest absolute Gasteiger partial charge is 0.195 e. The number of pyridine rings is 1. The van der Waals surface area contributed by atoms with Crippen LogP contribution in [0.25, 0.3) is 22.0 Å². The Morgan fingerprint density at radius 1 is 0.808 bits per heavy atom. The second kappa shape index (κ2) is 6.91. The number of rotatable bonds is 3. The summed E-state index contributed by atoms with van der Waals surface area (Å²) in [5, 5.41) is 2.09. The van der Waals surface area contributed by atoms with Gasteiger partial charge in [0.1, 0.15) is 0 Å². The molecule has 1 aromatic heterocycles. The Labute approximate surface area is 161 Å². The Hall–Kier alpha value is -2.68. The average molecular weight is 378 g/mol. The highest BCUT2D eigenvalue weighted by Crippen LogP contribution is 2.33. The number of carbonyl (C=O) groups is 1. The van der Waals surface area contributed by atoms with Crippen molar-refractivity contribution in [2.45, 2.75) is 0 Å². The van der Waals surface area contributed by atoms with E-state index < -0.39 is 0 Å². The van der Waals surface area contributed by atoms with Crippen LogP contribution in [0.4, 0.5) is 0 Å². The van der Waals surface area contributed by atoms with E-state index in [9.17, 15) is 4.79 Å². The van der Waals surface area contributed by atoms with Crippen molar-refractivity contribution in [3.8, 4) is 11.1 Å². The van der Waals surface area contributed by atoms with Crippen LogP contribution < -0.4 is 0 Å². The van der Waals surface area contributed by atoms with Crippen LogP contribution in [-0.4, -0.2) is 10.8 Å². The lowest BCUT2D eigenvalue weighted by molar-refractivity contribution is 0.103. The summed E-state index contributed by atoms with van der Waals surface area (Å²) in [5.74, 6) is -0.0927. The normalized spacial score (nSPS) is 10.8. The lowest BCUT2D eigenvalue weighted by atomic mass is 9.92. The summed E-state index contributed by atoms with van der Waals surface area (Å²) in [6.45, 7) is 0. The number of fused-ring (bicyclic) bond motifs is 1. The van der Waals surface area contributed by atoms with Crippen molar-refractivity contribution in [1.82, 2.24) is 4.98 Å². The van der Waals surface area contributed by atoms with Crippen LogP contribution in [0.3, 0.4) is 0 Å². The standard InChI is InChI=1S/C22H13Cl2NO/c23-16-8-6-15(7-9-16)22(26)19-13-25-20-12-17(24)10-11-18(20)21(19)14-4-2-1-3-5-14/h1-13H. The molecule has 1 heterocycles. The van der Waals surface area contributed by atoms with Crippen LogP contribution in [0.15, 0.2) is 79.0 Å². The van der Waals surface area contributed by atoms with Crippen LogP contribution >= 0.6 is 23.2 Å². The monoisotopic (exact) mass is 377 g/mol. The Balaban J connectivity index is 1.98. The number of hydrogen-bond donors (Lipinski definition) is 0. The van der Waals surface area contributed by atoms with Gasteiger partial charge in [0, 0.05) is 38.3 Å². The van der Waals surface area contributed by atoms with Crippen molar-refractivity contribution in [2.75, 3.05) is 0 Å². The maximum atomic E-state index is 13.2. The van der Waals surface area contributed by atoms with Crippen LogP contribution in [0.1, 0.15) is 15.9 Å². The minimum atomic E-state index is -0.0927. The molecule has 0 fully saturated rings. The van der Waals surface area contributed by atoms with E-state index in [1.165, 1.54) is 0 Å². The van der Waals surface area contributed by atoms with E-state index in [1.807, 2.05) is 42.5 Å². The summed E-state index contributed by atoms with van der Waals surface area (Å²) in [7, 11) is 0. The SMILES string of the molecule is O=C(c1ccc(Cl)cc1)c1cnc2cc(Cl)ccc2c1-c1ccccc1. The number of ketones is 1. The molecule has 2 nitrogen and oxygen atoms in total. The molecule has 126 valence electrons. The quantitative estimate of drug-likeness (QED) is 0.384. The Morgan fingerprint density at radius 3 is 2.23 bits per heavy atom. The summed E-state index contributed by atoms with van der Waals surface area (Å²) in [6.07, 6.45) is 1.62. The molecule has 0 atom stereocenters. The van der Waals surface area contributed by atoms with Gasteiger partial charge in [0.15, 0.2) is 5.78 Å². The zero-order valence-corrected chi connectivity index (χ0v) is 15.1. The first-order valence-corrected chi connectivity index (χ1v) is 8.83. The largest absolute Gasteiger partial charge is 0.289 e. The Bertz CT molecular complexity index is 1110. The maximum Gasteiger partial charge on any atom is 0.195 e. The van der Waals surface area contributed by atoms with Gasteiger partial charge >= 0.3 is 0 Å². The molecule has 0 saturated heterocycles. The highest BCUT2D eigenvalue weighted by atomic mass is 35.5. The second-order valence-electron chi connectivity index (χ2n) is 5.91. The van der Waals surface area contributed by atoms with E-state index in [0.29, 0.717) is 21.2 Å². The number of halogens is 2. The van der Waals surface area contributed by atoms with Gasteiger partial charge in [0.05, 0.1) is 5.52 Å². The minimum absolute atomic E-state index is 0.0927. The zero-order chi connectivity index (χ0) is 18.1. The van der Waals surface area contributed by atoms with E-state index in [0.717, 1.165) is 22.0 Å². The topological polar surface area (TPSA) is 30.0 Å². The average Bonchev–Trinajstić information content (AvgIpc) is 2.67. The van der Waals surface area contributed by atoms with E-state index in [-0.39, 0.29) is 5.78 Å². The molecule has 0 aliphatic rings. The Kier molecular flexibility index (Phi) is 4.46. The number of carbonyl (C=O) groups excluding carboxylic acids is 1. The molecule has 0 amide bonds. The number of hydrogen-bond acceptors (Lipinski definition) is 2. The molecule has 0 saturated carbocycles. The lowest BCUT2D eigenvalue weighted by Gasteiger charge is -2.13. The molecule has 0 N–H and O–H groups in total. The van der Waals surface area contributed by atoms with Crippen LogP contribution in [0, 0.1) is 0 Å². The Morgan fingerprint density at radius 2 is 1.50 bits per heavy atom. The van der Waals surface area contributed by atoms with Crippen molar-refractivity contribution in [2.24, 2.45) is 0 Å². The van der Waals surface area contributed by atoms with E-state index in [4.69, 9.17) is 23.2 Å².